The lowest BCUT2D eigenvalue weighted by atomic mass is 9.90. The second kappa shape index (κ2) is 17.3. The van der Waals surface area contributed by atoms with E-state index in [0.29, 0.717) is 13.2 Å². The standard InChI is InChI=1S/2C13H25O4P/c1-10(2)16-18(15,17-11(3)4)13(14)12-8-6-5-7-9-12;1-3-10-16-18(15,17-11-4-2)13(14)12-8-6-5-7-9-12/h10-12H,5-9H2,1-4H3;12H,3-11H2,1-2H3. The van der Waals surface area contributed by atoms with Crippen LogP contribution in [0.4, 0.5) is 0 Å². The first-order valence-corrected chi connectivity index (χ1v) is 17.0. The number of hydrogen-bond acceptors (Lipinski definition) is 8. The highest BCUT2D eigenvalue weighted by molar-refractivity contribution is 7.72. The van der Waals surface area contributed by atoms with Crippen LogP contribution in [0, 0.1) is 11.8 Å². The predicted octanol–water partition coefficient (Wildman–Crippen LogP) is 8.28. The van der Waals surface area contributed by atoms with Gasteiger partial charge in [-0.05, 0) is 66.2 Å². The Morgan fingerprint density at radius 3 is 1.28 bits per heavy atom. The minimum absolute atomic E-state index is 0.127. The number of carbonyl (C=O) groups is 2. The lowest BCUT2D eigenvalue weighted by molar-refractivity contribution is -0.119. The fraction of sp³-hybridized carbons (Fsp3) is 0.923. The molecule has 212 valence electrons. The van der Waals surface area contributed by atoms with Gasteiger partial charge in [0, 0.05) is 11.8 Å². The molecule has 36 heavy (non-hydrogen) atoms. The molecule has 0 aromatic carbocycles. The van der Waals surface area contributed by atoms with E-state index in [0.717, 1.165) is 70.6 Å². The van der Waals surface area contributed by atoms with E-state index >= 15 is 0 Å². The van der Waals surface area contributed by atoms with Crippen molar-refractivity contribution in [3.8, 4) is 0 Å². The van der Waals surface area contributed by atoms with E-state index in [9.17, 15) is 18.7 Å². The van der Waals surface area contributed by atoms with Gasteiger partial charge < -0.3 is 18.1 Å². The Kier molecular flexibility index (Phi) is 16.2. The van der Waals surface area contributed by atoms with Crippen LogP contribution >= 0.6 is 15.2 Å². The molecule has 0 spiro atoms. The summed E-state index contributed by atoms with van der Waals surface area (Å²) in [6, 6.07) is 0. The van der Waals surface area contributed by atoms with Crippen LogP contribution in [0.25, 0.3) is 0 Å². The lowest BCUT2D eigenvalue weighted by Crippen LogP contribution is -2.22. The molecular weight excluding hydrogens is 502 g/mol. The van der Waals surface area contributed by atoms with E-state index < -0.39 is 15.2 Å². The zero-order chi connectivity index (χ0) is 27.2. The van der Waals surface area contributed by atoms with Crippen LogP contribution in [0.5, 0.6) is 0 Å². The monoisotopic (exact) mass is 552 g/mol. The fourth-order valence-electron chi connectivity index (χ4n) is 4.42. The van der Waals surface area contributed by atoms with Crippen LogP contribution in [0.3, 0.4) is 0 Å². The van der Waals surface area contributed by atoms with E-state index in [4.69, 9.17) is 18.1 Å². The Morgan fingerprint density at radius 2 is 0.972 bits per heavy atom. The van der Waals surface area contributed by atoms with Gasteiger partial charge in [-0.25, -0.2) is 0 Å². The molecule has 0 aromatic heterocycles. The van der Waals surface area contributed by atoms with Crippen molar-refractivity contribution in [3.05, 3.63) is 0 Å². The Labute approximate surface area is 219 Å². The third-order valence-electron chi connectivity index (χ3n) is 6.08. The van der Waals surface area contributed by atoms with Crippen LogP contribution in [-0.4, -0.2) is 36.5 Å². The summed E-state index contributed by atoms with van der Waals surface area (Å²) in [7, 11) is -7.18. The molecule has 2 rings (SSSR count). The molecule has 0 saturated heterocycles. The fourth-order valence-corrected chi connectivity index (χ4v) is 8.37. The number of carbonyl (C=O) groups excluding carboxylic acids is 2. The summed E-state index contributed by atoms with van der Waals surface area (Å²) in [5.41, 5.74) is -0.603. The predicted molar refractivity (Wildman–Crippen MR) is 143 cm³/mol. The van der Waals surface area contributed by atoms with Gasteiger partial charge in [0.1, 0.15) is 0 Å². The Bertz CT molecular complexity index is 714. The van der Waals surface area contributed by atoms with Gasteiger partial charge in [-0.1, -0.05) is 52.4 Å². The Hall–Kier alpha value is -0.360. The molecule has 2 fully saturated rings. The molecule has 10 heteroatoms. The molecule has 2 aliphatic carbocycles. The largest absolute Gasteiger partial charge is 0.397 e. The van der Waals surface area contributed by atoms with E-state index in [1.54, 1.807) is 27.7 Å². The van der Waals surface area contributed by atoms with Crippen LogP contribution in [-0.2, 0) is 36.8 Å². The topological polar surface area (TPSA) is 105 Å². The summed E-state index contributed by atoms with van der Waals surface area (Å²) >= 11 is 0. The molecule has 2 saturated carbocycles. The molecule has 0 radical (unpaired) electrons. The van der Waals surface area contributed by atoms with Crippen LogP contribution in [0.15, 0.2) is 0 Å². The molecule has 0 aliphatic heterocycles. The second-order valence-electron chi connectivity index (χ2n) is 10.3. The molecule has 0 N–H and O–H groups in total. The van der Waals surface area contributed by atoms with Crippen molar-refractivity contribution in [2.45, 2.75) is 131 Å². The van der Waals surface area contributed by atoms with E-state index in [2.05, 4.69) is 0 Å². The van der Waals surface area contributed by atoms with Crippen LogP contribution in [0.1, 0.15) is 119 Å². The molecule has 8 nitrogen and oxygen atoms in total. The first kappa shape index (κ1) is 33.7. The maximum absolute atomic E-state index is 12.6. The zero-order valence-electron chi connectivity index (χ0n) is 23.4. The van der Waals surface area contributed by atoms with Crippen molar-refractivity contribution in [1.82, 2.24) is 0 Å². The smallest absolute Gasteiger partial charge is 0.303 e. The molecule has 0 heterocycles. The summed E-state index contributed by atoms with van der Waals surface area (Å²) in [5.74, 6) is -0.277. The first-order chi connectivity index (χ1) is 17.0. The Balaban J connectivity index is 0.000000360. The average molecular weight is 553 g/mol. The lowest BCUT2D eigenvalue weighted by Gasteiger charge is -2.27. The molecule has 2 aliphatic rings. The third-order valence-corrected chi connectivity index (χ3v) is 10.3. The maximum Gasteiger partial charge on any atom is 0.397 e. The highest BCUT2D eigenvalue weighted by atomic mass is 31.2. The van der Waals surface area contributed by atoms with E-state index in [1.165, 1.54) is 6.42 Å². The van der Waals surface area contributed by atoms with Gasteiger partial charge in [-0.2, -0.15) is 0 Å². The van der Waals surface area contributed by atoms with Crippen molar-refractivity contribution < 1.29 is 36.8 Å². The van der Waals surface area contributed by atoms with Crippen molar-refractivity contribution in [1.29, 1.82) is 0 Å². The minimum atomic E-state index is -3.63. The summed E-state index contributed by atoms with van der Waals surface area (Å²) in [6.07, 6.45) is 10.6. The van der Waals surface area contributed by atoms with Gasteiger partial charge >= 0.3 is 15.2 Å². The summed E-state index contributed by atoms with van der Waals surface area (Å²) in [5, 5.41) is 0. The van der Waals surface area contributed by atoms with Crippen molar-refractivity contribution in [2.75, 3.05) is 13.2 Å². The van der Waals surface area contributed by atoms with E-state index in [1.807, 2.05) is 13.8 Å². The van der Waals surface area contributed by atoms with Crippen molar-refractivity contribution >= 4 is 26.2 Å². The van der Waals surface area contributed by atoms with Crippen molar-refractivity contribution in [3.63, 3.8) is 0 Å². The molecule has 0 atom stereocenters. The third kappa shape index (κ3) is 11.6. The van der Waals surface area contributed by atoms with Gasteiger partial charge in [-0.3, -0.25) is 18.7 Å². The van der Waals surface area contributed by atoms with Crippen LogP contribution in [0.2, 0.25) is 0 Å². The number of rotatable bonds is 14. The van der Waals surface area contributed by atoms with Crippen molar-refractivity contribution in [2.24, 2.45) is 11.8 Å². The minimum Gasteiger partial charge on any atom is -0.303 e. The number of hydrogen-bond donors (Lipinski definition) is 0. The molecule has 0 unspecified atom stereocenters. The summed E-state index contributed by atoms with van der Waals surface area (Å²) < 4.78 is 46.4. The SMILES string of the molecule is CC(C)OP(=O)(OC(C)C)C(=O)C1CCCCC1.CCCOP(=O)(OCCC)C(=O)C1CCCCC1. The van der Waals surface area contributed by atoms with Gasteiger partial charge in [0.15, 0.2) is 0 Å². The van der Waals surface area contributed by atoms with Gasteiger partial charge in [-0.15, -0.1) is 0 Å². The molecular formula is C26H50O8P2. The maximum atomic E-state index is 12.6. The van der Waals surface area contributed by atoms with Crippen LogP contribution < -0.4 is 0 Å². The summed E-state index contributed by atoms with van der Waals surface area (Å²) in [4.78, 5) is 24.7. The van der Waals surface area contributed by atoms with E-state index in [-0.39, 0.29) is 35.1 Å². The first-order valence-electron chi connectivity index (χ1n) is 13.9. The molecule has 0 bridgehead atoms. The Morgan fingerprint density at radius 1 is 0.639 bits per heavy atom. The second-order valence-corrected chi connectivity index (χ2v) is 14.1. The van der Waals surface area contributed by atoms with Gasteiger partial charge in [0.25, 0.3) is 0 Å². The van der Waals surface area contributed by atoms with Gasteiger partial charge in [0.05, 0.1) is 25.4 Å². The normalized spacial score (nSPS) is 18.2. The quantitative estimate of drug-likeness (QED) is 0.198. The van der Waals surface area contributed by atoms with Gasteiger partial charge in [0.2, 0.25) is 11.0 Å². The zero-order valence-corrected chi connectivity index (χ0v) is 25.2. The average Bonchev–Trinajstić information content (AvgIpc) is 2.85. The molecule has 0 aromatic rings. The highest BCUT2D eigenvalue weighted by Crippen LogP contribution is 2.55. The summed E-state index contributed by atoms with van der Waals surface area (Å²) in [6.45, 7) is 11.6. The highest BCUT2D eigenvalue weighted by Gasteiger charge is 2.42. The molecule has 0 amide bonds.